The first-order valence-electron chi connectivity index (χ1n) is 5.40. The summed E-state index contributed by atoms with van der Waals surface area (Å²) in [5.74, 6) is 0.270. The molecular formula is C14H19NO. The van der Waals surface area contributed by atoms with Crippen LogP contribution in [0.5, 0.6) is 5.75 Å². The number of rotatable bonds is 6. The first-order chi connectivity index (χ1) is 7.68. The van der Waals surface area contributed by atoms with E-state index < -0.39 is 0 Å². The first kappa shape index (κ1) is 12.5. The van der Waals surface area contributed by atoms with E-state index in [9.17, 15) is 5.11 Å². The van der Waals surface area contributed by atoms with Crippen LogP contribution in [0, 0.1) is 0 Å². The molecule has 0 unspecified atom stereocenters. The van der Waals surface area contributed by atoms with Crippen molar-refractivity contribution in [1.29, 1.82) is 0 Å². The summed E-state index contributed by atoms with van der Waals surface area (Å²) < 4.78 is 0. The second-order valence-electron chi connectivity index (χ2n) is 4.02. The van der Waals surface area contributed by atoms with Crippen LogP contribution in [0.15, 0.2) is 49.6 Å². The highest BCUT2D eigenvalue weighted by atomic mass is 16.3. The molecule has 16 heavy (non-hydrogen) atoms. The topological polar surface area (TPSA) is 46.2 Å². The van der Waals surface area contributed by atoms with Gasteiger partial charge in [-0.3, -0.25) is 0 Å². The lowest BCUT2D eigenvalue weighted by molar-refractivity contribution is 0.444. The van der Waals surface area contributed by atoms with E-state index >= 15 is 0 Å². The third kappa shape index (κ3) is 2.52. The Morgan fingerprint density at radius 1 is 1.12 bits per heavy atom. The van der Waals surface area contributed by atoms with Gasteiger partial charge in [0.2, 0.25) is 0 Å². The molecule has 1 aromatic rings. The Hall–Kier alpha value is -1.54. The van der Waals surface area contributed by atoms with Crippen LogP contribution in [0.4, 0.5) is 0 Å². The maximum atomic E-state index is 9.28. The summed E-state index contributed by atoms with van der Waals surface area (Å²) >= 11 is 0. The smallest absolute Gasteiger partial charge is 0.115 e. The molecule has 0 saturated carbocycles. The molecule has 1 rings (SSSR count). The summed E-state index contributed by atoms with van der Waals surface area (Å²) in [6, 6.07) is 7.20. The summed E-state index contributed by atoms with van der Waals surface area (Å²) in [4.78, 5) is 0. The van der Waals surface area contributed by atoms with Crippen molar-refractivity contribution in [3.8, 4) is 5.75 Å². The lowest BCUT2D eigenvalue weighted by Crippen LogP contribution is -2.34. The molecule has 0 saturated heterocycles. The maximum Gasteiger partial charge on any atom is 0.115 e. The molecule has 0 amide bonds. The van der Waals surface area contributed by atoms with Gasteiger partial charge in [-0.1, -0.05) is 24.3 Å². The van der Waals surface area contributed by atoms with Crippen molar-refractivity contribution in [2.45, 2.75) is 18.3 Å². The molecule has 0 aromatic heterocycles. The zero-order valence-corrected chi connectivity index (χ0v) is 9.52. The van der Waals surface area contributed by atoms with Crippen LogP contribution in [0.1, 0.15) is 18.4 Å². The molecule has 0 bridgehead atoms. The highest BCUT2D eigenvalue weighted by Gasteiger charge is 2.27. The largest absolute Gasteiger partial charge is 0.508 e. The SMILES string of the molecule is C=CCC(CN)(CC=C)c1ccc(O)cc1. The molecule has 0 aliphatic rings. The summed E-state index contributed by atoms with van der Waals surface area (Å²) in [6.07, 6.45) is 5.37. The Bertz CT molecular complexity index is 344. The van der Waals surface area contributed by atoms with Gasteiger partial charge in [0.15, 0.2) is 0 Å². The fraction of sp³-hybridized carbons (Fsp3) is 0.286. The van der Waals surface area contributed by atoms with E-state index in [1.165, 1.54) is 0 Å². The maximum absolute atomic E-state index is 9.28. The van der Waals surface area contributed by atoms with E-state index in [0.717, 1.165) is 18.4 Å². The van der Waals surface area contributed by atoms with Gasteiger partial charge < -0.3 is 10.8 Å². The fourth-order valence-corrected chi connectivity index (χ4v) is 1.97. The highest BCUT2D eigenvalue weighted by Crippen LogP contribution is 2.32. The third-order valence-corrected chi connectivity index (χ3v) is 2.94. The normalized spacial score (nSPS) is 11.1. The molecule has 0 aliphatic heterocycles. The van der Waals surface area contributed by atoms with Crippen LogP contribution in [0.25, 0.3) is 0 Å². The van der Waals surface area contributed by atoms with Crippen LogP contribution >= 0.6 is 0 Å². The molecule has 2 heteroatoms. The number of nitrogens with two attached hydrogens (primary N) is 1. The van der Waals surface area contributed by atoms with Gasteiger partial charge in [0.25, 0.3) is 0 Å². The standard InChI is InChI=1S/C14H19NO/c1-3-9-14(11-15,10-4-2)12-5-7-13(16)8-6-12/h3-8,16H,1-2,9-11,15H2. The summed E-state index contributed by atoms with van der Waals surface area (Å²) in [5.41, 5.74) is 6.87. The number of allylic oxidation sites excluding steroid dienone is 2. The van der Waals surface area contributed by atoms with Crippen molar-refractivity contribution in [3.05, 3.63) is 55.1 Å². The zero-order chi connectivity index (χ0) is 12.0. The lowest BCUT2D eigenvalue weighted by Gasteiger charge is -2.31. The molecule has 1 aromatic carbocycles. The molecule has 0 atom stereocenters. The van der Waals surface area contributed by atoms with Crippen LogP contribution in [-0.2, 0) is 5.41 Å². The van der Waals surface area contributed by atoms with Gasteiger partial charge in [0.05, 0.1) is 0 Å². The molecule has 86 valence electrons. The van der Waals surface area contributed by atoms with Gasteiger partial charge in [0, 0.05) is 12.0 Å². The van der Waals surface area contributed by atoms with Gasteiger partial charge in [0.1, 0.15) is 5.75 Å². The van der Waals surface area contributed by atoms with E-state index in [0.29, 0.717) is 6.54 Å². The highest BCUT2D eigenvalue weighted by molar-refractivity contribution is 5.33. The van der Waals surface area contributed by atoms with Crippen LogP contribution in [0.2, 0.25) is 0 Å². The van der Waals surface area contributed by atoms with Crippen LogP contribution in [-0.4, -0.2) is 11.7 Å². The average molecular weight is 217 g/mol. The predicted octanol–water partition coefficient (Wildman–Crippen LogP) is 2.74. The first-order valence-corrected chi connectivity index (χ1v) is 5.40. The van der Waals surface area contributed by atoms with Crippen LogP contribution in [0.3, 0.4) is 0 Å². The van der Waals surface area contributed by atoms with E-state index in [1.807, 2.05) is 24.3 Å². The molecule has 0 radical (unpaired) electrons. The minimum atomic E-state index is -0.142. The Morgan fingerprint density at radius 3 is 2.00 bits per heavy atom. The number of phenols is 1. The molecule has 2 nitrogen and oxygen atoms in total. The van der Waals surface area contributed by atoms with Gasteiger partial charge in [-0.2, -0.15) is 0 Å². The molecule has 0 aliphatic carbocycles. The number of hydrogen-bond acceptors (Lipinski definition) is 2. The van der Waals surface area contributed by atoms with Crippen molar-refractivity contribution in [3.63, 3.8) is 0 Å². The Kier molecular flexibility index (Phi) is 4.32. The zero-order valence-electron chi connectivity index (χ0n) is 9.52. The van der Waals surface area contributed by atoms with E-state index in [-0.39, 0.29) is 11.2 Å². The van der Waals surface area contributed by atoms with Crippen molar-refractivity contribution < 1.29 is 5.11 Å². The second kappa shape index (κ2) is 5.52. The van der Waals surface area contributed by atoms with Crippen LogP contribution < -0.4 is 5.73 Å². The van der Waals surface area contributed by atoms with E-state index in [1.54, 1.807) is 12.1 Å². The average Bonchev–Trinajstić information content (AvgIpc) is 2.29. The number of hydrogen-bond donors (Lipinski definition) is 2. The summed E-state index contributed by atoms with van der Waals surface area (Å²) in [5, 5.41) is 9.28. The van der Waals surface area contributed by atoms with E-state index in [2.05, 4.69) is 13.2 Å². The van der Waals surface area contributed by atoms with Crippen molar-refractivity contribution in [2.75, 3.05) is 6.54 Å². The minimum absolute atomic E-state index is 0.142. The number of benzene rings is 1. The monoisotopic (exact) mass is 217 g/mol. The van der Waals surface area contributed by atoms with Gasteiger partial charge in [-0.05, 0) is 30.5 Å². The molecule has 0 fully saturated rings. The molecule has 3 N–H and O–H groups in total. The quantitative estimate of drug-likeness (QED) is 0.720. The summed E-state index contributed by atoms with van der Waals surface area (Å²) in [7, 11) is 0. The van der Waals surface area contributed by atoms with Gasteiger partial charge >= 0.3 is 0 Å². The van der Waals surface area contributed by atoms with E-state index in [4.69, 9.17) is 5.73 Å². The number of aromatic hydroxyl groups is 1. The molecular weight excluding hydrogens is 198 g/mol. The Balaban J connectivity index is 3.11. The fourth-order valence-electron chi connectivity index (χ4n) is 1.97. The third-order valence-electron chi connectivity index (χ3n) is 2.94. The Labute approximate surface area is 97.1 Å². The van der Waals surface area contributed by atoms with Crippen molar-refractivity contribution >= 4 is 0 Å². The molecule has 0 heterocycles. The minimum Gasteiger partial charge on any atom is -0.508 e. The van der Waals surface area contributed by atoms with Gasteiger partial charge in [-0.15, -0.1) is 13.2 Å². The predicted molar refractivity (Wildman–Crippen MR) is 68.5 cm³/mol. The van der Waals surface area contributed by atoms with Crippen molar-refractivity contribution in [1.82, 2.24) is 0 Å². The lowest BCUT2D eigenvalue weighted by atomic mass is 9.75. The Morgan fingerprint density at radius 2 is 1.62 bits per heavy atom. The summed E-state index contributed by atoms with van der Waals surface area (Å²) in [6.45, 7) is 8.10. The number of phenolic OH excluding ortho intramolecular Hbond substituents is 1. The molecule has 0 spiro atoms. The van der Waals surface area contributed by atoms with Gasteiger partial charge in [-0.25, -0.2) is 0 Å². The van der Waals surface area contributed by atoms with Crippen molar-refractivity contribution in [2.24, 2.45) is 5.73 Å². The second-order valence-corrected chi connectivity index (χ2v) is 4.02.